The molecule has 4 heteroatoms. The summed E-state index contributed by atoms with van der Waals surface area (Å²) in [5.74, 6) is 0.519. The number of aryl methyl sites for hydroxylation is 2. The van der Waals surface area contributed by atoms with E-state index in [0.29, 0.717) is 5.82 Å². The van der Waals surface area contributed by atoms with Gasteiger partial charge in [-0.05, 0) is 26.8 Å². The Labute approximate surface area is 102 Å². The van der Waals surface area contributed by atoms with Crippen LogP contribution in [0.1, 0.15) is 31.4 Å². The fourth-order valence-corrected chi connectivity index (χ4v) is 1.48. The molecule has 1 amide bonds. The van der Waals surface area contributed by atoms with E-state index in [9.17, 15) is 4.79 Å². The number of aromatic nitrogens is 2. The van der Waals surface area contributed by atoms with Gasteiger partial charge in [0.2, 0.25) is 0 Å². The summed E-state index contributed by atoms with van der Waals surface area (Å²) in [7, 11) is 3.70. The van der Waals surface area contributed by atoms with Crippen LogP contribution in [-0.4, -0.2) is 10.5 Å². The predicted octanol–water partition coefficient (Wildman–Crippen LogP) is 1.45. The van der Waals surface area contributed by atoms with Crippen molar-refractivity contribution in [1.29, 1.82) is 0 Å². The van der Waals surface area contributed by atoms with E-state index in [4.69, 9.17) is 0 Å². The maximum atomic E-state index is 12.0. The van der Waals surface area contributed by atoms with Crippen molar-refractivity contribution in [2.75, 3.05) is 0 Å². The lowest BCUT2D eigenvalue weighted by Gasteiger charge is -2.02. The number of hydrogen-bond donors (Lipinski definition) is 1. The zero-order valence-corrected chi connectivity index (χ0v) is 11.1. The summed E-state index contributed by atoms with van der Waals surface area (Å²) < 4.78 is 3.59. The second-order valence-electron chi connectivity index (χ2n) is 4.39. The van der Waals surface area contributed by atoms with Crippen LogP contribution in [0.25, 0.3) is 0 Å². The number of hydrogen-bond acceptors (Lipinski definition) is 1. The molecular weight excluding hydrogens is 214 g/mol. The second-order valence-corrected chi connectivity index (χ2v) is 4.39. The van der Waals surface area contributed by atoms with Gasteiger partial charge in [0.05, 0.1) is 14.1 Å². The molecule has 4 nitrogen and oxygen atoms in total. The Bertz CT molecular complexity index is 457. The number of carbonyl (C=O) groups excluding carboxylic acids is 1. The van der Waals surface area contributed by atoms with Crippen LogP contribution in [0.5, 0.6) is 0 Å². The summed E-state index contributed by atoms with van der Waals surface area (Å²) in [4.78, 5) is 12.0. The number of nitrogens with one attached hydrogen (secondary N) is 1. The predicted molar refractivity (Wildman–Crippen MR) is 67.2 cm³/mol. The highest BCUT2D eigenvalue weighted by atomic mass is 16.2. The lowest BCUT2D eigenvalue weighted by molar-refractivity contribution is -0.673. The molecule has 1 rings (SSSR count). The molecule has 0 fully saturated rings. The Hall–Kier alpha value is -1.84. The first-order valence-corrected chi connectivity index (χ1v) is 5.56. The van der Waals surface area contributed by atoms with Crippen LogP contribution in [0, 0.1) is 0 Å². The zero-order chi connectivity index (χ0) is 13.0. The van der Waals surface area contributed by atoms with Crippen molar-refractivity contribution in [3.05, 3.63) is 41.6 Å². The third-order valence-corrected chi connectivity index (χ3v) is 2.36. The molecule has 0 aliphatic rings. The summed E-state index contributed by atoms with van der Waals surface area (Å²) >= 11 is 0. The number of allylic oxidation sites excluding steroid dienone is 4. The molecule has 92 valence electrons. The molecular formula is C13H20N3O+. The van der Waals surface area contributed by atoms with Gasteiger partial charge in [-0.3, -0.25) is 4.79 Å². The van der Waals surface area contributed by atoms with Crippen LogP contribution in [0.15, 0.2) is 35.8 Å². The third kappa shape index (κ3) is 3.59. The van der Waals surface area contributed by atoms with E-state index >= 15 is 0 Å². The first-order valence-electron chi connectivity index (χ1n) is 5.56. The lowest BCUT2D eigenvalue weighted by Crippen LogP contribution is -2.39. The Morgan fingerprint density at radius 2 is 2.00 bits per heavy atom. The number of nitrogens with zero attached hydrogens (tertiary/aromatic N) is 2. The minimum Gasteiger partial charge on any atom is -0.319 e. The number of amides is 1. The van der Waals surface area contributed by atoms with E-state index in [-0.39, 0.29) is 5.91 Å². The van der Waals surface area contributed by atoms with Crippen molar-refractivity contribution < 1.29 is 9.36 Å². The van der Waals surface area contributed by atoms with Gasteiger partial charge in [-0.2, -0.15) is 0 Å². The van der Waals surface area contributed by atoms with Crippen molar-refractivity contribution in [2.45, 2.75) is 20.8 Å². The molecule has 1 aromatic heterocycles. The van der Waals surface area contributed by atoms with Crippen molar-refractivity contribution in [1.82, 2.24) is 9.88 Å². The molecule has 0 aromatic carbocycles. The molecule has 1 heterocycles. The van der Waals surface area contributed by atoms with Gasteiger partial charge in [-0.25, -0.2) is 9.13 Å². The number of rotatable bonds is 3. The van der Waals surface area contributed by atoms with Gasteiger partial charge in [0.15, 0.2) is 0 Å². The van der Waals surface area contributed by atoms with Gasteiger partial charge < -0.3 is 5.32 Å². The van der Waals surface area contributed by atoms with Gasteiger partial charge in [0.25, 0.3) is 0 Å². The molecule has 0 spiro atoms. The maximum absolute atomic E-state index is 12.0. The van der Waals surface area contributed by atoms with Gasteiger partial charge >= 0.3 is 11.7 Å². The molecule has 0 saturated heterocycles. The maximum Gasteiger partial charge on any atom is 0.347 e. The van der Waals surface area contributed by atoms with Crippen molar-refractivity contribution >= 4 is 5.91 Å². The molecule has 0 unspecified atom stereocenters. The lowest BCUT2D eigenvalue weighted by atomic mass is 10.3. The quantitative estimate of drug-likeness (QED) is 0.624. The van der Waals surface area contributed by atoms with Crippen LogP contribution in [0.4, 0.5) is 0 Å². The molecule has 0 saturated carbocycles. The SMILES string of the molecule is CC(C)=C/C=C(\C)NC(=O)c1n(C)cc[n+]1C. The fraction of sp³-hybridized carbons (Fsp3) is 0.385. The van der Waals surface area contributed by atoms with E-state index in [2.05, 4.69) is 5.32 Å². The second kappa shape index (κ2) is 5.48. The molecule has 0 aliphatic carbocycles. The smallest absolute Gasteiger partial charge is 0.319 e. The molecule has 0 aliphatic heterocycles. The summed E-state index contributed by atoms with van der Waals surface area (Å²) in [5, 5.41) is 2.86. The topological polar surface area (TPSA) is 37.9 Å². The summed E-state index contributed by atoms with van der Waals surface area (Å²) in [5.41, 5.74) is 2.03. The monoisotopic (exact) mass is 234 g/mol. The van der Waals surface area contributed by atoms with Crippen molar-refractivity contribution in [3.63, 3.8) is 0 Å². The summed E-state index contributed by atoms with van der Waals surface area (Å²) in [6.45, 7) is 5.91. The number of carbonyl (C=O) groups is 1. The van der Waals surface area contributed by atoms with E-state index in [1.165, 1.54) is 5.57 Å². The van der Waals surface area contributed by atoms with E-state index < -0.39 is 0 Å². The number of imidazole rings is 1. The van der Waals surface area contributed by atoms with Crippen molar-refractivity contribution in [3.8, 4) is 0 Å². The van der Waals surface area contributed by atoms with Gasteiger partial charge in [-0.1, -0.05) is 11.6 Å². The molecule has 17 heavy (non-hydrogen) atoms. The summed E-state index contributed by atoms with van der Waals surface area (Å²) in [6, 6.07) is 0. The van der Waals surface area contributed by atoms with Crippen LogP contribution in [0.2, 0.25) is 0 Å². The first-order chi connectivity index (χ1) is 7.91. The van der Waals surface area contributed by atoms with Gasteiger partial charge in [-0.15, -0.1) is 0 Å². The summed E-state index contributed by atoms with van der Waals surface area (Å²) in [6.07, 6.45) is 7.57. The molecule has 0 atom stereocenters. The van der Waals surface area contributed by atoms with E-state index in [1.54, 1.807) is 9.13 Å². The van der Waals surface area contributed by atoms with Gasteiger partial charge in [0.1, 0.15) is 12.4 Å². The van der Waals surface area contributed by atoms with Crippen LogP contribution >= 0.6 is 0 Å². The highest BCUT2D eigenvalue weighted by Gasteiger charge is 2.20. The molecule has 0 bridgehead atoms. The Morgan fingerprint density at radius 1 is 1.35 bits per heavy atom. The van der Waals surface area contributed by atoms with Crippen LogP contribution in [-0.2, 0) is 14.1 Å². The van der Waals surface area contributed by atoms with Crippen LogP contribution in [0.3, 0.4) is 0 Å². The highest BCUT2D eigenvalue weighted by molar-refractivity contribution is 5.90. The largest absolute Gasteiger partial charge is 0.347 e. The Morgan fingerprint density at radius 3 is 2.47 bits per heavy atom. The first kappa shape index (κ1) is 13.2. The van der Waals surface area contributed by atoms with E-state index in [0.717, 1.165) is 5.70 Å². The van der Waals surface area contributed by atoms with Crippen molar-refractivity contribution in [2.24, 2.45) is 14.1 Å². The minimum absolute atomic E-state index is 0.101. The standard InChI is InChI=1S/C13H19N3O/c1-10(2)6-7-11(3)14-12(17)13-15(4)8-9-16(13)5/h6-9H,1-5H3/p+1/b11-7+. The average Bonchev–Trinajstić information content (AvgIpc) is 2.55. The fourth-order valence-electron chi connectivity index (χ4n) is 1.48. The molecule has 0 radical (unpaired) electrons. The highest BCUT2D eigenvalue weighted by Crippen LogP contribution is 1.97. The molecule has 1 N–H and O–H groups in total. The average molecular weight is 234 g/mol. The Balaban J connectivity index is 2.81. The van der Waals surface area contributed by atoms with E-state index in [1.807, 2.05) is 59.4 Å². The zero-order valence-electron chi connectivity index (χ0n) is 11.1. The van der Waals surface area contributed by atoms with Gasteiger partial charge in [0, 0.05) is 5.70 Å². The third-order valence-electron chi connectivity index (χ3n) is 2.36. The van der Waals surface area contributed by atoms with Crippen LogP contribution < -0.4 is 9.88 Å². The molecule has 1 aromatic rings. The normalized spacial score (nSPS) is 11.2. The minimum atomic E-state index is -0.101. The Kier molecular flexibility index (Phi) is 4.26.